The highest BCUT2D eigenvalue weighted by Crippen LogP contribution is 1.96. The minimum Gasteiger partial charge on any atom is -0.340 e. The number of nitrogens with one attached hydrogen (secondary N) is 1. The molecule has 74 valence electrons. The number of amides is 1. The lowest BCUT2D eigenvalue weighted by atomic mass is 10.2. The highest BCUT2D eigenvalue weighted by atomic mass is 16.1. The molecule has 1 N–H and O–H groups in total. The van der Waals surface area contributed by atoms with Crippen molar-refractivity contribution in [1.29, 1.82) is 0 Å². The zero-order valence-corrected chi connectivity index (χ0v) is 8.32. The predicted octanol–water partition coefficient (Wildman–Crippen LogP) is 0.562. The Morgan fingerprint density at radius 1 is 1.86 bits per heavy atom. The lowest BCUT2D eigenvalue weighted by Gasteiger charge is -2.08. The van der Waals surface area contributed by atoms with Crippen molar-refractivity contribution >= 4 is 5.91 Å². The van der Waals surface area contributed by atoms with Crippen LogP contribution in [0.3, 0.4) is 0 Å². The monoisotopic (exact) mass is 191 g/mol. The van der Waals surface area contributed by atoms with Gasteiger partial charge in [-0.2, -0.15) is 0 Å². The van der Waals surface area contributed by atoms with E-state index < -0.39 is 0 Å². The molecule has 0 aliphatic rings. The number of aryl methyl sites for hydroxylation is 1. The molecule has 1 aromatic heterocycles. The van der Waals surface area contributed by atoms with Crippen molar-refractivity contribution in [3.8, 4) is 12.3 Å². The predicted molar refractivity (Wildman–Crippen MR) is 53.6 cm³/mol. The van der Waals surface area contributed by atoms with E-state index in [2.05, 4.69) is 16.2 Å². The van der Waals surface area contributed by atoms with E-state index in [9.17, 15) is 4.79 Å². The van der Waals surface area contributed by atoms with Crippen LogP contribution in [0.5, 0.6) is 0 Å². The normalized spacial score (nSPS) is 11.8. The van der Waals surface area contributed by atoms with Crippen molar-refractivity contribution in [1.82, 2.24) is 14.9 Å². The molecule has 0 saturated carbocycles. The molecule has 1 amide bonds. The minimum atomic E-state index is -0.226. The molecular formula is C10H13N3O. The molecule has 14 heavy (non-hydrogen) atoms. The maximum absolute atomic E-state index is 11.5. The second-order valence-corrected chi connectivity index (χ2v) is 3.03. The van der Waals surface area contributed by atoms with E-state index in [1.54, 1.807) is 17.1 Å². The number of terminal acetylenes is 1. The summed E-state index contributed by atoms with van der Waals surface area (Å²) in [7, 11) is 1.81. The van der Waals surface area contributed by atoms with Crippen LogP contribution in [0.25, 0.3) is 0 Å². The first-order valence-corrected chi connectivity index (χ1v) is 4.42. The van der Waals surface area contributed by atoms with E-state index in [4.69, 9.17) is 6.42 Å². The van der Waals surface area contributed by atoms with E-state index in [1.165, 1.54) is 0 Å². The van der Waals surface area contributed by atoms with E-state index in [0.29, 0.717) is 5.69 Å². The van der Waals surface area contributed by atoms with E-state index in [-0.39, 0.29) is 11.9 Å². The van der Waals surface area contributed by atoms with Gasteiger partial charge in [-0.25, -0.2) is 4.98 Å². The summed E-state index contributed by atoms with van der Waals surface area (Å²) in [4.78, 5) is 15.4. The summed E-state index contributed by atoms with van der Waals surface area (Å²) >= 11 is 0. The van der Waals surface area contributed by atoms with Crippen LogP contribution in [0.2, 0.25) is 0 Å². The first-order chi connectivity index (χ1) is 6.67. The molecule has 0 spiro atoms. The second-order valence-electron chi connectivity index (χ2n) is 3.03. The molecule has 4 nitrogen and oxygen atoms in total. The molecule has 0 aliphatic carbocycles. The number of carbonyl (C=O) groups excluding carboxylic acids is 1. The molecule has 0 saturated heterocycles. The van der Waals surface area contributed by atoms with Gasteiger partial charge in [-0.1, -0.05) is 12.8 Å². The number of hydrogen-bond acceptors (Lipinski definition) is 2. The van der Waals surface area contributed by atoms with Crippen LogP contribution < -0.4 is 5.32 Å². The molecule has 4 heteroatoms. The summed E-state index contributed by atoms with van der Waals surface area (Å²) in [6.45, 7) is 1.92. The van der Waals surface area contributed by atoms with Gasteiger partial charge in [-0.15, -0.1) is 6.42 Å². The van der Waals surface area contributed by atoms with Crippen LogP contribution in [-0.2, 0) is 7.05 Å². The minimum absolute atomic E-state index is 0.218. The Hall–Kier alpha value is -1.76. The zero-order valence-electron chi connectivity index (χ0n) is 8.32. The molecule has 1 atom stereocenters. The Kier molecular flexibility index (Phi) is 3.29. The van der Waals surface area contributed by atoms with Gasteiger partial charge in [0.15, 0.2) is 0 Å². The largest absolute Gasteiger partial charge is 0.340 e. The molecule has 1 unspecified atom stereocenters. The molecule has 0 radical (unpaired) electrons. The fourth-order valence-electron chi connectivity index (χ4n) is 1.02. The molecule has 1 aromatic rings. The Labute approximate surface area is 83.3 Å². The van der Waals surface area contributed by atoms with Crippen molar-refractivity contribution < 1.29 is 4.79 Å². The summed E-state index contributed by atoms with van der Waals surface area (Å²) in [6, 6.07) is -0.218. The number of imidazole rings is 1. The van der Waals surface area contributed by atoms with Gasteiger partial charge in [0.05, 0.1) is 12.4 Å². The number of aromatic nitrogens is 2. The first kappa shape index (κ1) is 10.3. The quantitative estimate of drug-likeness (QED) is 0.710. The van der Waals surface area contributed by atoms with Crippen LogP contribution in [0, 0.1) is 12.3 Å². The molecule has 0 aromatic carbocycles. The molecule has 1 rings (SSSR count). The third-order valence-corrected chi connectivity index (χ3v) is 1.85. The molecule has 0 fully saturated rings. The summed E-state index contributed by atoms with van der Waals surface area (Å²) in [6.07, 6.45) is 9.17. The van der Waals surface area contributed by atoms with Gasteiger partial charge in [-0.3, -0.25) is 4.79 Å². The van der Waals surface area contributed by atoms with E-state index in [1.807, 2.05) is 14.0 Å². The van der Waals surface area contributed by atoms with Crippen molar-refractivity contribution in [3.05, 3.63) is 18.2 Å². The summed E-state index contributed by atoms with van der Waals surface area (Å²) < 4.78 is 1.71. The highest BCUT2D eigenvalue weighted by Gasteiger charge is 2.11. The third-order valence-electron chi connectivity index (χ3n) is 1.85. The summed E-state index contributed by atoms with van der Waals surface area (Å²) in [5.74, 6) is 2.27. The highest BCUT2D eigenvalue weighted by molar-refractivity contribution is 5.92. The summed E-state index contributed by atoms with van der Waals surface area (Å²) in [5, 5.41) is 2.70. The zero-order chi connectivity index (χ0) is 10.6. The Bertz CT molecular complexity index is 362. The third kappa shape index (κ3) is 2.36. The Balaban J connectivity index is 2.64. The van der Waals surface area contributed by atoms with E-state index in [0.717, 1.165) is 6.42 Å². The van der Waals surface area contributed by atoms with Gasteiger partial charge in [0.25, 0.3) is 5.91 Å². The van der Waals surface area contributed by atoms with Crippen LogP contribution in [0.15, 0.2) is 12.5 Å². The number of nitrogens with zero attached hydrogens (tertiary/aromatic N) is 2. The SMILES string of the molecule is C#CC(CC)NC(=O)c1cn(C)cn1. The van der Waals surface area contributed by atoms with Gasteiger partial charge in [-0.05, 0) is 6.42 Å². The van der Waals surface area contributed by atoms with Gasteiger partial charge in [0.2, 0.25) is 0 Å². The van der Waals surface area contributed by atoms with Gasteiger partial charge in [0, 0.05) is 13.2 Å². The van der Waals surface area contributed by atoms with Gasteiger partial charge >= 0.3 is 0 Å². The molecule has 0 aliphatic heterocycles. The van der Waals surface area contributed by atoms with Crippen LogP contribution in [-0.4, -0.2) is 21.5 Å². The number of rotatable bonds is 3. The fourth-order valence-corrected chi connectivity index (χ4v) is 1.02. The van der Waals surface area contributed by atoms with Crippen molar-refractivity contribution in [3.63, 3.8) is 0 Å². The van der Waals surface area contributed by atoms with Crippen LogP contribution in [0.1, 0.15) is 23.8 Å². The smallest absolute Gasteiger partial charge is 0.272 e. The lowest BCUT2D eigenvalue weighted by Crippen LogP contribution is -2.33. The Morgan fingerprint density at radius 2 is 2.57 bits per heavy atom. The van der Waals surface area contributed by atoms with Gasteiger partial charge < -0.3 is 9.88 Å². The van der Waals surface area contributed by atoms with E-state index >= 15 is 0 Å². The first-order valence-electron chi connectivity index (χ1n) is 4.42. The average molecular weight is 191 g/mol. The molecular weight excluding hydrogens is 178 g/mol. The standard InChI is InChI=1S/C10H13N3O/c1-4-8(5-2)12-10(14)9-6-13(3)7-11-9/h1,6-8H,5H2,2-3H3,(H,12,14). The summed E-state index contributed by atoms with van der Waals surface area (Å²) in [5.41, 5.74) is 0.390. The maximum Gasteiger partial charge on any atom is 0.272 e. The van der Waals surface area contributed by atoms with Crippen LogP contribution in [0.4, 0.5) is 0 Å². The van der Waals surface area contributed by atoms with Crippen molar-refractivity contribution in [2.75, 3.05) is 0 Å². The van der Waals surface area contributed by atoms with Gasteiger partial charge in [0.1, 0.15) is 5.69 Å². The molecule has 0 bridgehead atoms. The Morgan fingerprint density at radius 3 is 3.00 bits per heavy atom. The van der Waals surface area contributed by atoms with Crippen LogP contribution >= 0.6 is 0 Å². The lowest BCUT2D eigenvalue weighted by molar-refractivity contribution is 0.0940. The topological polar surface area (TPSA) is 46.9 Å². The fraction of sp³-hybridized carbons (Fsp3) is 0.400. The van der Waals surface area contributed by atoms with Crippen molar-refractivity contribution in [2.24, 2.45) is 7.05 Å². The average Bonchev–Trinajstić information content (AvgIpc) is 2.61. The number of hydrogen-bond donors (Lipinski definition) is 1. The van der Waals surface area contributed by atoms with Crippen molar-refractivity contribution in [2.45, 2.75) is 19.4 Å². The number of carbonyl (C=O) groups is 1. The maximum atomic E-state index is 11.5. The molecule has 1 heterocycles. The second kappa shape index (κ2) is 4.47.